The van der Waals surface area contributed by atoms with Crippen LogP contribution < -0.4 is 5.32 Å². The summed E-state index contributed by atoms with van der Waals surface area (Å²) in [5.74, 6) is -1.16. The molecule has 5 nitrogen and oxygen atoms in total. The first-order chi connectivity index (χ1) is 10.3. The Bertz CT molecular complexity index is 324. The van der Waals surface area contributed by atoms with Crippen LogP contribution in [0.1, 0.15) is 71.1 Å². The van der Waals surface area contributed by atoms with Crippen LogP contribution >= 0.6 is 0 Å². The van der Waals surface area contributed by atoms with Crippen LogP contribution in [0.5, 0.6) is 0 Å². The summed E-state index contributed by atoms with van der Waals surface area (Å²) in [4.78, 5) is 23.0. The van der Waals surface area contributed by atoms with Gasteiger partial charge in [0.2, 0.25) is 5.91 Å². The minimum Gasteiger partial charge on any atom is -0.475 e. The minimum absolute atomic E-state index is 0.164. The maximum atomic E-state index is 11.8. The standard InChI is InChI=1S/C17H34N2O3/c1-5-6-7-8-9-10-11-12-13-14-15(20)18-16(17(21)22)19(2,3)4/h16H,5-14H2,1-4H3,(H-,18,20,21,22)/p+1. The molecule has 0 saturated carbocycles. The quantitative estimate of drug-likeness (QED) is 0.312. The second-order valence-corrected chi connectivity index (χ2v) is 7.00. The highest BCUT2D eigenvalue weighted by atomic mass is 16.4. The van der Waals surface area contributed by atoms with Gasteiger partial charge in [0.15, 0.2) is 0 Å². The highest BCUT2D eigenvalue weighted by Crippen LogP contribution is 2.10. The molecule has 0 fully saturated rings. The molecule has 0 saturated heterocycles. The Morgan fingerprint density at radius 3 is 1.77 bits per heavy atom. The van der Waals surface area contributed by atoms with Crippen molar-refractivity contribution in [1.29, 1.82) is 0 Å². The van der Waals surface area contributed by atoms with Crippen LogP contribution in [-0.2, 0) is 9.59 Å². The van der Waals surface area contributed by atoms with Gasteiger partial charge in [-0.2, -0.15) is 0 Å². The summed E-state index contributed by atoms with van der Waals surface area (Å²) in [5.41, 5.74) is 0. The van der Waals surface area contributed by atoms with Gasteiger partial charge in [-0.15, -0.1) is 0 Å². The van der Waals surface area contributed by atoms with Crippen molar-refractivity contribution >= 4 is 11.9 Å². The van der Waals surface area contributed by atoms with Crippen molar-refractivity contribution in [2.24, 2.45) is 0 Å². The van der Waals surface area contributed by atoms with Crippen LogP contribution in [0.2, 0.25) is 0 Å². The predicted octanol–water partition coefficient (Wildman–Crippen LogP) is 3.14. The summed E-state index contributed by atoms with van der Waals surface area (Å²) in [7, 11) is 5.28. The van der Waals surface area contributed by atoms with Crippen molar-refractivity contribution in [2.45, 2.75) is 77.3 Å². The Balaban J connectivity index is 3.71. The van der Waals surface area contributed by atoms with Crippen LogP contribution in [0.4, 0.5) is 0 Å². The third kappa shape index (κ3) is 10.6. The van der Waals surface area contributed by atoms with Gasteiger partial charge in [-0.05, 0) is 6.42 Å². The molecule has 5 heteroatoms. The van der Waals surface area contributed by atoms with E-state index < -0.39 is 12.1 Å². The van der Waals surface area contributed by atoms with Gasteiger partial charge in [-0.1, -0.05) is 58.3 Å². The van der Waals surface area contributed by atoms with Crippen molar-refractivity contribution in [3.05, 3.63) is 0 Å². The second kappa shape index (κ2) is 11.5. The summed E-state index contributed by atoms with van der Waals surface area (Å²) in [6.45, 7) is 2.22. The molecule has 1 atom stereocenters. The lowest BCUT2D eigenvalue weighted by atomic mass is 10.1. The molecular weight excluding hydrogens is 280 g/mol. The largest absolute Gasteiger partial charge is 0.475 e. The molecule has 0 aliphatic carbocycles. The lowest BCUT2D eigenvalue weighted by Gasteiger charge is -2.31. The zero-order chi connectivity index (χ0) is 17.0. The average Bonchev–Trinajstić information content (AvgIpc) is 2.41. The van der Waals surface area contributed by atoms with E-state index >= 15 is 0 Å². The number of quaternary nitrogens is 1. The van der Waals surface area contributed by atoms with Gasteiger partial charge in [0.25, 0.3) is 6.17 Å². The fraction of sp³-hybridized carbons (Fsp3) is 0.882. The maximum absolute atomic E-state index is 11.8. The van der Waals surface area contributed by atoms with Gasteiger partial charge in [0.1, 0.15) is 0 Å². The molecule has 0 aromatic heterocycles. The first kappa shape index (κ1) is 20.9. The number of amides is 1. The number of nitrogens with one attached hydrogen (secondary N) is 1. The number of rotatable bonds is 13. The topological polar surface area (TPSA) is 66.4 Å². The van der Waals surface area contributed by atoms with Crippen LogP contribution in [0, 0.1) is 0 Å². The van der Waals surface area contributed by atoms with E-state index in [0.717, 1.165) is 19.3 Å². The second-order valence-electron chi connectivity index (χ2n) is 7.00. The summed E-state index contributed by atoms with van der Waals surface area (Å²) in [5, 5.41) is 11.8. The SMILES string of the molecule is CCCCCCCCCCCC(=O)NC(C(=O)O)[N+](C)(C)C. The summed E-state index contributed by atoms with van der Waals surface area (Å²) < 4.78 is 0.179. The zero-order valence-corrected chi connectivity index (χ0v) is 14.9. The van der Waals surface area contributed by atoms with Crippen molar-refractivity contribution in [3.63, 3.8) is 0 Å². The molecule has 130 valence electrons. The molecule has 2 N–H and O–H groups in total. The molecule has 0 rings (SSSR count). The van der Waals surface area contributed by atoms with Crippen LogP contribution in [0.15, 0.2) is 0 Å². The highest BCUT2D eigenvalue weighted by molar-refractivity contribution is 5.82. The number of hydrogen-bond donors (Lipinski definition) is 2. The van der Waals surface area contributed by atoms with Crippen LogP contribution in [0.3, 0.4) is 0 Å². The van der Waals surface area contributed by atoms with E-state index in [-0.39, 0.29) is 10.4 Å². The molecule has 1 unspecified atom stereocenters. The van der Waals surface area contributed by atoms with Crippen molar-refractivity contribution in [3.8, 4) is 0 Å². The van der Waals surface area contributed by atoms with Gasteiger partial charge < -0.3 is 9.59 Å². The summed E-state index contributed by atoms with van der Waals surface area (Å²) in [6, 6.07) is 0. The minimum atomic E-state index is -0.993. The third-order valence-electron chi connectivity index (χ3n) is 3.81. The highest BCUT2D eigenvalue weighted by Gasteiger charge is 2.32. The smallest absolute Gasteiger partial charge is 0.385 e. The summed E-state index contributed by atoms with van der Waals surface area (Å²) in [6.07, 6.45) is 10.4. The molecule has 1 amide bonds. The predicted molar refractivity (Wildman–Crippen MR) is 89.4 cm³/mol. The number of aliphatic carboxylic acids is 1. The van der Waals surface area contributed by atoms with Crippen LogP contribution in [-0.4, -0.2) is 48.8 Å². The lowest BCUT2D eigenvalue weighted by Crippen LogP contribution is -2.59. The molecule has 0 bridgehead atoms. The van der Waals surface area contributed by atoms with Gasteiger partial charge in [0, 0.05) is 6.42 Å². The van der Waals surface area contributed by atoms with Gasteiger partial charge >= 0.3 is 5.97 Å². The fourth-order valence-corrected chi connectivity index (χ4v) is 2.41. The number of carboxylic acids is 1. The number of carboxylic acid groups (broad SMARTS) is 1. The normalized spacial score (nSPS) is 12.9. The van der Waals surface area contributed by atoms with E-state index in [9.17, 15) is 9.59 Å². The Morgan fingerprint density at radius 1 is 0.909 bits per heavy atom. The molecule has 0 heterocycles. The number of carbonyl (C=O) groups excluding carboxylic acids is 1. The first-order valence-corrected chi connectivity index (χ1v) is 8.62. The molecule has 0 aromatic rings. The van der Waals surface area contributed by atoms with Gasteiger partial charge in [0.05, 0.1) is 21.1 Å². The molecule has 0 aromatic carbocycles. The Hall–Kier alpha value is -1.10. The Labute approximate surface area is 135 Å². The fourth-order valence-electron chi connectivity index (χ4n) is 2.41. The first-order valence-electron chi connectivity index (χ1n) is 8.62. The zero-order valence-electron chi connectivity index (χ0n) is 14.9. The maximum Gasteiger partial charge on any atom is 0.385 e. The van der Waals surface area contributed by atoms with Crippen molar-refractivity contribution in [2.75, 3.05) is 21.1 Å². The number of likely N-dealkylation sites (N-methyl/N-ethyl adjacent to an activating group) is 1. The van der Waals surface area contributed by atoms with E-state index in [1.54, 1.807) is 21.1 Å². The van der Waals surface area contributed by atoms with Gasteiger partial charge in [-0.25, -0.2) is 4.79 Å². The van der Waals surface area contributed by atoms with E-state index in [2.05, 4.69) is 12.2 Å². The van der Waals surface area contributed by atoms with E-state index in [1.165, 1.54) is 38.5 Å². The summed E-state index contributed by atoms with van der Waals surface area (Å²) >= 11 is 0. The van der Waals surface area contributed by atoms with Crippen molar-refractivity contribution in [1.82, 2.24) is 5.32 Å². The molecule has 0 spiro atoms. The van der Waals surface area contributed by atoms with Crippen molar-refractivity contribution < 1.29 is 19.2 Å². The van der Waals surface area contributed by atoms with E-state index in [4.69, 9.17) is 5.11 Å². The third-order valence-corrected chi connectivity index (χ3v) is 3.81. The number of carbonyl (C=O) groups is 2. The number of unbranched alkanes of at least 4 members (excludes halogenated alkanes) is 8. The molecule has 22 heavy (non-hydrogen) atoms. The molecule has 0 aliphatic rings. The van der Waals surface area contributed by atoms with Gasteiger partial charge in [-0.3, -0.25) is 10.1 Å². The van der Waals surface area contributed by atoms with E-state index in [1.807, 2.05) is 0 Å². The monoisotopic (exact) mass is 315 g/mol. The van der Waals surface area contributed by atoms with E-state index in [0.29, 0.717) is 6.42 Å². The number of hydrogen-bond acceptors (Lipinski definition) is 2. The molecular formula is C17H35N2O3+. The Morgan fingerprint density at radius 2 is 1.36 bits per heavy atom. The lowest BCUT2D eigenvalue weighted by molar-refractivity contribution is -0.889. The molecule has 0 aliphatic heterocycles. The number of nitrogens with zero attached hydrogens (tertiary/aromatic N) is 1. The average molecular weight is 315 g/mol. The van der Waals surface area contributed by atoms with Crippen LogP contribution in [0.25, 0.3) is 0 Å². The Kier molecular flexibility index (Phi) is 10.9. The molecule has 0 radical (unpaired) electrons.